The molecule has 168 valence electrons. The fraction of sp³-hybridized carbons (Fsp3) is 0.414. The Morgan fingerprint density at radius 2 is 1.88 bits per heavy atom. The van der Waals surface area contributed by atoms with Gasteiger partial charge in [0.15, 0.2) is 0 Å². The number of ether oxygens (including phenoxy) is 2. The maximum Gasteiger partial charge on any atom is 0.229 e. The van der Waals surface area contributed by atoms with Crippen LogP contribution in [0.15, 0.2) is 59.6 Å². The molecule has 2 bridgehead atoms. The minimum atomic E-state index is -0.634. The molecule has 0 radical (unpaired) electrons. The van der Waals surface area contributed by atoms with Crippen molar-refractivity contribution in [3.63, 3.8) is 0 Å². The van der Waals surface area contributed by atoms with Gasteiger partial charge in [0.25, 0.3) is 0 Å². The Morgan fingerprint density at radius 3 is 2.67 bits per heavy atom. The van der Waals surface area contributed by atoms with E-state index in [0.29, 0.717) is 6.04 Å². The Balaban J connectivity index is 1.42. The third-order valence-corrected chi connectivity index (χ3v) is 8.92. The molecule has 4 nitrogen and oxygen atoms in total. The molecule has 3 aromatic rings. The molecule has 2 aliphatic heterocycles. The van der Waals surface area contributed by atoms with Gasteiger partial charge in [0.2, 0.25) is 5.72 Å². The second kappa shape index (κ2) is 6.53. The molecule has 0 saturated heterocycles. The Labute approximate surface area is 195 Å². The number of hydrogen-bond donors (Lipinski definition) is 0. The maximum atomic E-state index is 7.13. The first-order valence-electron chi connectivity index (χ1n) is 12.3. The topological polar surface area (TPSA) is 34.1 Å². The lowest BCUT2D eigenvalue weighted by Gasteiger charge is -2.50. The average Bonchev–Trinajstić information content (AvgIpc) is 3.51. The number of nitrogens with zero attached hydrogens (tertiary/aromatic N) is 2. The number of benzene rings is 3. The molecule has 3 aromatic carbocycles. The van der Waals surface area contributed by atoms with Gasteiger partial charge < -0.3 is 14.4 Å². The summed E-state index contributed by atoms with van der Waals surface area (Å²) in [4.78, 5) is 7.77. The van der Waals surface area contributed by atoms with E-state index in [2.05, 4.69) is 73.5 Å². The van der Waals surface area contributed by atoms with E-state index in [1.165, 1.54) is 36.9 Å². The van der Waals surface area contributed by atoms with Crippen molar-refractivity contribution < 1.29 is 9.47 Å². The summed E-state index contributed by atoms with van der Waals surface area (Å²) < 4.78 is 12.6. The summed E-state index contributed by atoms with van der Waals surface area (Å²) >= 11 is 0. The predicted molar refractivity (Wildman–Crippen MR) is 133 cm³/mol. The Morgan fingerprint density at radius 1 is 1.03 bits per heavy atom. The fourth-order valence-corrected chi connectivity index (χ4v) is 7.19. The summed E-state index contributed by atoms with van der Waals surface area (Å²) in [5.41, 5.74) is 2.70. The molecule has 4 aliphatic rings. The summed E-state index contributed by atoms with van der Waals surface area (Å²) in [5, 5.41) is 2.21. The monoisotopic (exact) mass is 438 g/mol. The summed E-state index contributed by atoms with van der Waals surface area (Å²) in [6.45, 7) is 4.64. The largest absolute Gasteiger partial charge is 0.497 e. The second-order valence-electron chi connectivity index (χ2n) is 10.8. The number of hydrogen-bond acceptors (Lipinski definition) is 4. The van der Waals surface area contributed by atoms with Crippen molar-refractivity contribution in [3.05, 3.63) is 60.2 Å². The van der Waals surface area contributed by atoms with E-state index in [4.69, 9.17) is 14.5 Å². The molecule has 7 rings (SSSR count). The number of aliphatic imine (C=N–C) groups is 1. The van der Waals surface area contributed by atoms with Crippen molar-refractivity contribution in [1.82, 2.24) is 0 Å². The van der Waals surface area contributed by atoms with Crippen LogP contribution in [-0.4, -0.2) is 25.1 Å². The Kier molecular flexibility index (Phi) is 3.85. The van der Waals surface area contributed by atoms with E-state index in [9.17, 15) is 0 Å². The molecule has 0 aromatic heterocycles. The zero-order valence-electron chi connectivity index (χ0n) is 19.5. The van der Waals surface area contributed by atoms with Crippen LogP contribution >= 0.6 is 0 Å². The number of methoxy groups -OCH3 is 1. The summed E-state index contributed by atoms with van der Waals surface area (Å²) in [6, 6.07) is 19.8. The Bertz CT molecular complexity index is 1310. The first-order valence-corrected chi connectivity index (χ1v) is 12.3. The molecule has 4 unspecified atom stereocenters. The lowest BCUT2D eigenvalue weighted by molar-refractivity contribution is 0.0642. The highest BCUT2D eigenvalue weighted by Gasteiger charge is 2.63. The van der Waals surface area contributed by atoms with Crippen molar-refractivity contribution in [3.8, 4) is 11.5 Å². The summed E-state index contributed by atoms with van der Waals surface area (Å²) in [6.07, 6.45) is 7.45. The predicted octanol–water partition coefficient (Wildman–Crippen LogP) is 6.63. The van der Waals surface area contributed by atoms with Crippen LogP contribution in [0.1, 0.15) is 45.1 Å². The molecule has 2 aliphatic carbocycles. The van der Waals surface area contributed by atoms with E-state index in [0.717, 1.165) is 39.8 Å². The van der Waals surface area contributed by atoms with Crippen LogP contribution in [0, 0.1) is 11.8 Å². The Hall–Kier alpha value is -3.01. The van der Waals surface area contributed by atoms with Crippen molar-refractivity contribution in [2.24, 2.45) is 16.8 Å². The van der Waals surface area contributed by atoms with E-state index in [-0.39, 0.29) is 5.41 Å². The number of fused-ring (bicyclic) bond motifs is 6. The van der Waals surface area contributed by atoms with Crippen molar-refractivity contribution in [2.45, 2.75) is 56.7 Å². The molecule has 33 heavy (non-hydrogen) atoms. The minimum absolute atomic E-state index is 0.240. The van der Waals surface area contributed by atoms with Gasteiger partial charge in [0.05, 0.1) is 18.7 Å². The lowest BCUT2D eigenvalue weighted by Crippen LogP contribution is -2.65. The van der Waals surface area contributed by atoms with Gasteiger partial charge in [-0.1, -0.05) is 36.8 Å². The molecule has 2 saturated carbocycles. The zero-order chi connectivity index (χ0) is 22.4. The fourth-order valence-electron chi connectivity index (χ4n) is 7.19. The highest BCUT2D eigenvalue weighted by Crippen LogP contribution is 2.59. The van der Waals surface area contributed by atoms with Crippen LogP contribution < -0.4 is 14.4 Å². The SMILES string of the molecule is COc1ccc2ccc3c(c2c1)N=CC1(O3)N(C2CC3CCC2C3)c2ccccc2C1(C)C. The van der Waals surface area contributed by atoms with Crippen LogP contribution in [0.5, 0.6) is 11.5 Å². The van der Waals surface area contributed by atoms with Crippen LogP contribution in [0.25, 0.3) is 10.8 Å². The van der Waals surface area contributed by atoms with Gasteiger partial charge in [0.1, 0.15) is 17.2 Å². The average molecular weight is 439 g/mol. The smallest absolute Gasteiger partial charge is 0.229 e. The van der Waals surface area contributed by atoms with E-state index in [1.807, 2.05) is 6.07 Å². The van der Waals surface area contributed by atoms with Gasteiger partial charge in [-0.05, 0) is 80.2 Å². The summed E-state index contributed by atoms with van der Waals surface area (Å²) in [5.74, 6) is 3.29. The quantitative estimate of drug-likeness (QED) is 0.451. The molecular formula is C29H30N2O2. The third-order valence-electron chi connectivity index (χ3n) is 8.92. The van der Waals surface area contributed by atoms with E-state index >= 15 is 0 Å². The third kappa shape index (κ3) is 2.44. The molecule has 0 N–H and O–H groups in total. The highest BCUT2D eigenvalue weighted by atomic mass is 16.5. The minimum Gasteiger partial charge on any atom is -0.497 e. The number of para-hydroxylation sites is 1. The van der Waals surface area contributed by atoms with Crippen LogP contribution in [-0.2, 0) is 5.41 Å². The first-order chi connectivity index (χ1) is 16.0. The number of rotatable bonds is 2. The van der Waals surface area contributed by atoms with Crippen LogP contribution in [0.2, 0.25) is 0 Å². The van der Waals surface area contributed by atoms with Gasteiger partial charge in [-0.2, -0.15) is 0 Å². The zero-order valence-corrected chi connectivity index (χ0v) is 19.5. The molecule has 2 fully saturated rings. The normalized spacial score (nSPS) is 30.5. The van der Waals surface area contributed by atoms with Crippen LogP contribution in [0.3, 0.4) is 0 Å². The van der Waals surface area contributed by atoms with Gasteiger partial charge in [-0.15, -0.1) is 0 Å². The summed E-state index contributed by atoms with van der Waals surface area (Å²) in [7, 11) is 1.71. The number of anilines is 1. The van der Waals surface area contributed by atoms with Gasteiger partial charge in [0, 0.05) is 17.1 Å². The molecule has 1 spiro atoms. The van der Waals surface area contributed by atoms with E-state index < -0.39 is 5.72 Å². The second-order valence-corrected chi connectivity index (χ2v) is 10.8. The lowest BCUT2D eigenvalue weighted by atomic mass is 9.77. The molecule has 2 heterocycles. The van der Waals surface area contributed by atoms with Gasteiger partial charge in [-0.25, -0.2) is 0 Å². The van der Waals surface area contributed by atoms with Crippen LogP contribution in [0.4, 0.5) is 11.4 Å². The molecule has 4 heteroatoms. The maximum absolute atomic E-state index is 7.13. The highest BCUT2D eigenvalue weighted by molar-refractivity contribution is 6.00. The first kappa shape index (κ1) is 19.5. The van der Waals surface area contributed by atoms with E-state index in [1.54, 1.807) is 7.11 Å². The van der Waals surface area contributed by atoms with Gasteiger partial charge >= 0.3 is 0 Å². The molecule has 0 amide bonds. The molecule has 4 atom stereocenters. The van der Waals surface area contributed by atoms with Crippen molar-refractivity contribution >= 4 is 28.4 Å². The standard InChI is InChI=1S/C29H30N2O2/c1-28(2)23-6-4-5-7-24(23)31(25-15-18-8-9-20(25)14-18)29(28)17-30-27-22-16-21(32-3)12-10-19(22)11-13-26(27)33-29/h4-7,10-13,16-18,20,25H,8-9,14-15H2,1-3H3. The molecular weight excluding hydrogens is 408 g/mol. The van der Waals surface area contributed by atoms with Gasteiger partial charge in [-0.3, -0.25) is 4.99 Å². The van der Waals surface area contributed by atoms with Crippen molar-refractivity contribution in [1.29, 1.82) is 0 Å². The van der Waals surface area contributed by atoms with Crippen molar-refractivity contribution in [2.75, 3.05) is 12.0 Å².